The average molecular weight is 318 g/mol. The van der Waals surface area contributed by atoms with Gasteiger partial charge in [0.1, 0.15) is 6.54 Å². The predicted octanol–water partition coefficient (Wildman–Crippen LogP) is 0.600. The van der Waals surface area contributed by atoms with E-state index in [1.54, 1.807) is 13.1 Å². The van der Waals surface area contributed by atoms with Crippen LogP contribution in [0.15, 0.2) is 30.6 Å². The number of anilines is 1. The summed E-state index contributed by atoms with van der Waals surface area (Å²) in [5.41, 5.74) is 0.908. The van der Waals surface area contributed by atoms with Crippen molar-refractivity contribution in [1.82, 2.24) is 25.3 Å². The number of hydrogen-bond acceptors (Lipinski definition) is 6. The Labute approximate surface area is 133 Å². The summed E-state index contributed by atoms with van der Waals surface area (Å²) in [5, 5.41) is 13.0. The number of pyridine rings is 1. The van der Waals surface area contributed by atoms with E-state index in [0.717, 1.165) is 5.69 Å². The molecular weight excluding hydrogens is 300 g/mol. The number of carbonyl (C=O) groups excluding carboxylic acids is 2. The smallest absolute Gasteiger partial charge is 0.412 e. The molecule has 0 spiro atoms. The number of nitrogens with one attached hydrogen (secondary N) is 2. The Bertz CT molecular complexity index is 643. The first-order valence-electron chi connectivity index (χ1n) is 7.18. The van der Waals surface area contributed by atoms with Gasteiger partial charge < -0.3 is 10.1 Å². The monoisotopic (exact) mass is 318 g/mol. The predicted molar refractivity (Wildman–Crippen MR) is 81.6 cm³/mol. The van der Waals surface area contributed by atoms with E-state index in [1.165, 1.54) is 11.0 Å². The highest BCUT2D eigenvalue weighted by Crippen LogP contribution is 1.99. The largest absolute Gasteiger partial charge is 0.450 e. The second kappa shape index (κ2) is 8.47. The molecule has 2 amide bonds. The van der Waals surface area contributed by atoms with Gasteiger partial charge in [0.2, 0.25) is 5.91 Å². The molecule has 0 aliphatic heterocycles. The maximum absolute atomic E-state index is 11.8. The summed E-state index contributed by atoms with van der Waals surface area (Å²) in [6, 6.07) is 5.64. The van der Waals surface area contributed by atoms with Gasteiger partial charge in [-0.25, -0.2) is 4.79 Å². The van der Waals surface area contributed by atoms with Gasteiger partial charge in [-0.3, -0.25) is 15.1 Å². The summed E-state index contributed by atoms with van der Waals surface area (Å²) in [4.78, 5) is 28.4. The molecule has 0 unspecified atom stereocenters. The molecule has 0 bridgehead atoms. The minimum absolute atomic E-state index is 0.0350. The summed E-state index contributed by atoms with van der Waals surface area (Å²) in [6.45, 7) is 2.40. The zero-order valence-electron chi connectivity index (χ0n) is 12.7. The Morgan fingerprint density at radius 1 is 1.35 bits per heavy atom. The summed E-state index contributed by atoms with van der Waals surface area (Å²) in [7, 11) is 0. The molecule has 0 aliphatic rings. The normalized spacial score (nSPS) is 10.1. The second-order valence-corrected chi connectivity index (χ2v) is 4.53. The van der Waals surface area contributed by atoms with Crippen LogP contribution < -0.4 is 10.6 Å². The molecule has 0 saturated carbocycles. The van der Waals surface area contributed by atoms with Crippen molar-refractivity contribution in [2.75, 3.05) is 18.5 Å². The molecule has 0 fully saturated rings. The van der Waals surface area contributed by atoms with Crippen molar-refractivity contribution in [1.29, 1.82) is 0 Å². The number of amides is 2. The van der Waals surface area contributed by atoms with Crippen molar-refractivity contribution in [3.8, 4) is 0 Å². The maximum Gasteiger partial charge on any atom is 0.412 e. The van der Waals surface area contributed by atoms with E-state index in [4.69, 9.17) is 4.74 Å². The summed E-state index contributed by atoms with van der Waals surface area (Å²) >= 11 is 0. The van der Waals surface area contributed by atoms with Gasteiger partial charge in [-0.05, 0) is 19.1 Å². The lowest BCUT2D eigenvalue weighted by Gasteiger charge is -2.04. The van der Waals surface area contributed by atoms with E-state index < -0.39 is 6.09 Å². The van der Waals surface area contributed by atoms with Crippen LogP contribution in [-0.2, 0) is 22.5 Å². The van der Waals surface area contributed by atoms with Crippen LogP contribution in [0.5, 0.6) is 0 Å². The van der Waals surface area contributed by atoms with Crippen LogP contribution in [0.3, 0.4) is 0 Å². The number of nitrogens with zero attached hydrogens (tertiary/aromatic N) is 4. The molecule has 2 N–H and O–H groups in total. The van der Waals surface area contributed by atoms with Crippen LogP contribution in [0, 0.1) is 0 Å². The first kappa shape index (κ1) is 16.4. The molecule has 2 aromatic heterocycles. The molecule has 2 heterocycles. The lowest BCUT2D eigenvalue weighted by Crippen LogP contribution is -2.30. The van der Waals surface area contributed by atoms with Gasteiger partial charge in [0.25, 0.3) is 0 Å². The van der Waals surface area contributed by atoms with E-state index >= 15 is 0 Å². The Hall–Kier alpha value is -2.97. The van der Waals surface area contributed by atoms with Crippen molar-refractivity contribution < 1.29 is 14.3 Å². The van der Waals surface area contributed by atoms with Gasteiger partial charge in [0.15, 0.2) is 5.82 Å². The van der Waals surface area contributed by atoms with Gasteiger partial charge >= 0.3 is 6.09 Å². The van der Waals surface area contributed by atoms with Gasteiger partial charge in [0, 0.05) is 24.9 Å². The van der Waals surface area contributed by atoms with Crippen LogP contribution in [0.1, 0.15) is 12.6 Å². The van der Waals surface area contributed by atoms with Crippen LogP contribution in [0.2, 0.25) is 0 Å². The third-order valence-corrected chi connectivity index (χ3v) is 2.76. The van der Waals surface area contributed by atoms with Crippen LogP contribution in [-0.4, -0.2) is 45.1 Å². The molecule has 23 heavy (non-hydrogen) atoms. The highest BCUT2D eigenvalue weighted by molar-refractivity contribution is 5.83. The fourth-order valence-corrected chi connectivity index (χ4v) is 1.76. The van der Waals surface area contributed by atoms with Crippen LogP contribution in [0.25, 0.3) is 0 Å². The molecule has 0 aromatic carbocycles. The SMILES string of the molecule is CCOC(=O)Nc1cnn(CC(=O)NCCc2ccccn2)n1. The number of aromatic nitrogens is 4. The third-order valence-electron chi connectivity index (χ3n) is 2.76. The molecule has 9 nitrogen and oxygen atoms in total. The van der Waals surface area contributed by atoms with E-state index in [-0.39, 0.29) is 24.9 Å². The Morgan fingerprint density at radius 2 is 2.22 bits per heavy atom. The number of rotatable bonds is 7. The second-order valence-electron chi connectivity index (χ2n) is 4.53. The van der Waals surface area contributed by atoms with E-state index in [9.17, 15) is 9.59 Å². The number of hydrogen-bond donors (Lipinski definition) is 2. The highest BCUT2D eigenvalue weighted by Gasteiger charge is 2.08. The zero-order valence-corrected chi connectivity index (χ0v) is 12.7. The van der Waals surface area contributed by atoms with Crippen molar-refractivity contribution in [2.45, 2.75) is 19.9 Å². The molecule has 0 saturated heterocycles. The standard InChI is InChI=1S/C14H18N6O3/c1-2-23-14(22)18-12-9-17-20(19-12)10-13(21)16-8-6-11-5-3-4-7-15-11/h3-5,7,9H,2,6,8,10H2,1H3,(H,16,21)(H,18,19,22). The molecule has 9 heteroatoms. The third kappa shape index (κ3) is 5.73. The minimum Gasteiger partial charge on any atom is -0.450 e. The van der Waals surface area contributed by atoms with Crippen molar-refractivity contribution in [3.63, 3.8) is 0 Å². The van der Waals surface area contributed by atoms with Crippen molar-refractivity contribution in [3.05, 3.63) is 36.3 Å². The Morgan fingerprint density at radius 3 is 2.96 bits per heavy atom. The molecule has 0 aliphatic carbocycles. The van der Waals surface area contributed by atoms with E-state index in [2.05, 4.69) is 25.8 Å². The first-order valence-corrected chi connectivity index (χ1v) is 7.18. The average Bonchev–Trinajstić information content (AvgIpc) is 2.95. The first-order chi connectivity index (χ1) is 11.2. The lowest BCUT2D eigenvalue weighted by molar-refractivity contribution is -0.122. The topological polar surface area (TPSA) is 111 Å². The Balaban J connectivity index is 1.73. The van der Waals surface area contributed by atoms with E-state index in [0.29, 0.717) is 13.0 Å². The van der Waals surface area contributed by atoms with Crippen LogP contribution >= 0.6 is 0 Å². The van der Waals surface area contributed by atoms with Gasteiger partial charge in [-0.1, -0.05) is 6.07 Å². The summed E-state index contributed by atoms with van der Waals surface area (Å²) < 4.78 is 4.72. The highest BCUT2D eigenvalue weighted by atomic mass is 16.5. The quantitative estimate of drug-likeness (QED) is 0.773. The zero-order chi connectivity index (χ0) is 16.5. The molecule has 2 rings (SSSR count). The van der Waals surface area contributed by atoms with Gasteiger partial charge in [0.05, 0.1) is 12.8 Å². The fourth-order valence-electron chi connectivity index (χ4n) is 1.76. The number of carbonyl (C=O) groups is 2. The van der Waals surface area contributed by atoms with Gasteiger partial charge in [-0.15, -0.1) is 5.10 Å². The van der Waals surface area contributed by atoms with Crippen molar-refractivity contribution >= 4 is 17.8 Å². The van der Waals surface area contributed by atoms with E-state index in [1.807, 2.05) is 18.2 Å². The van der Waals surface area contributed by atoms with Gasteiger partial charge in [-0.2, -0.15) is 9.90 Å². The maximum atomic E-state index is 11.8. The molecule has 0 atom stereocenters. The minimum atomic E-state index is -0.612. The molecular formula is C14H18N6O3. The molecule has 122 valence electrons. The Kier molecular flexibility index (Phi) is 6.04. The lowest BCUT2D eigenvalue weighted by atomic mass is 10.3. The fraction of sp³-hybridized carbons (Fsp3) is 0.357. The van der Waals surface area contributed by atoms with Crippen molar-refractivity contribution in [2.24, 2.45) is 0 Å². The molecule has 2 aromatic rings. The molecule has 0 radical (unpaired) electrons. The summed E-state index contributed by atoms with van der Waals surface area (Å²) in [5.74, 6) is 0.00366. The number of ether oxygens (including phenoxy) is 1. The van der Waals surface area contributed by atoms with Crippen LogP contribution in [0.4, 0.5) is 10.6 Å². The summed E-state index contributed by atoms with van der Waals surface area (Å²) in [6.07, 6.45) is 3.09.